The molecule has 0 aliphatic heterocycles. The third kappa shape index (κ3) is 57.9. The Morgan fingerprint density at radius 2 is 0.549 bits per heavy atom. The van der Waals surface area contributed by atoms with E-state index < -0.39 is 6.10 Å². The van der Waals surface area contributed by atoms with Crippen molar-refractivity contribution in [3.8, 4) is 0 Å². The molecule has 0 aromatic carbocycles. The summed E-state index contributed by atoms with van der Waals surface area (Å²) in [5.41, 5.74) is 0. The number of unbranched alkanes of at least 4 members (excludes halogenated alkanes) is 35. The molecule has 0 radical (unpaired) electrons. The lowest BCUT2D eigenvalue weighted by molar-refractivity contribution is -0.167. The van der Waals surface area contributed by atoms with Crippen molar-refractivity contribution >= 4 is 17.9 Å². The van der Waals surface area contributed by atoms with Gasteiger partial charge >= 0.3 is 17.9 Å². The zero-order valence-corrected chi connectivity index (χ0v) is 47.2. The van der Waals surface area contributed by atoms with Crippen LogP contribution in [0.3, 0.4) is 0 Å². The fourth-order valence-electron chi connectivity index (χ4n) is 8.94. The van der Waals surface area contributed by atoms with Crippen LogP contribution >= 0.6 is 0 Å². The van der Waals surface area contributed by atoms with E-state index in [4.69, 9.17) is 14.2 Å². The average molecular weight is 994 g/mol. The molecule has 6 nitrogen and oxygen atoms in total. The fourth-order valence-corrected chi connectivity index (χ4v) is 8.94. The molecule has 1 atom stereocenters. The molecular weight excluding hydrogens is 877 g/mol. The molecule has 0 heterocycles. The van der Waals surface area contributed by atoms with Crippen molar-refractivity contribution < 1.29 is 28.6 Å². The highest BCUT2D eigenvalue weighted by Gasteiger charge is 2.19. The highest BCUT2D eigenvalue weighted by Crippen LogP contribution is 2.17. The molecule has 0 N–H and O–H groups in total. The molecule has 6 heteroatoms. The topological polar surface area (TPSA) is 78.9 Å². The van der Waals surface area contributed by atoms with Crippen LogP contribution in [0.1, 0.15) is 316 Å². The summed E-state index contributed by atoms with van der Waals surface area (Å²) in [6.07, 6.45) is 75.6. The summed E-state index contributed by atoms with van der Waals surface area (Å²) in [5, 5.41) is 0. The van der Waals surface area contributed by atoms with Crippen LogP contribution in [0, 0.1) is 0 Å². The van der Waals surface area contributed by atoms with Crippen LogP contribution in [0.25, 0.3) is 0 Å². The Balaban J connectivity index is 4.07. The molecule has 0 fully saturated rings. The number of carbonyl (C=O) groups excluding carboxylic acids is 3. The maximum Gasteiger partial charge on any atom is 0.306 e. The van der Waals surface area contributed by atoms with Crippen LogP contribution < -0.4 is 0 Å². The summed E-state index contributed by atoms with van der Waals surface area (Å²) in [7, 11) is 0. The normalized spacial score (nSPS) is 12.4. The number of hydrogen-bond donors (Lipinski definition) is 0. The van der Waals surface area contributed by atoms with Crippen LogP contribution in [-0.4, -0.2) is 37.2 Å². The predicted octanol–water partition coefficient (Wildman–Crippen LogP) is 20.8. The summed E-state index contributed by atoms with van der Waals surface area (Å²) >= 11 is 0. The lowest BCUT2D eigenvalue weighted by Gasteiger charge is -2.18. The lowest BCUT2D eigenvalue weighted by atomic mass is 10.0. The van der Waals surface area contributed by atoms with Crippen molar-refractivity contribution in [2.24, 2.45) is 0 Å². The zero-order valence-electron chi connectivity index (χ0n) is 47.2. The van der Waals surface area contributed by atoms with Gasteiger partial charge in [0, 0.05) is 19.3 Å². The van der Waals surface area contributed by atoms with Gasteiger partial charge in [-0.05, 0) is 64.2 Å². The third-order valence-electron chi connectivity index (χ3n) is 13.5. The molecule has 0 aromatic heterocycles. The lowest BCUT2D eigenvalue weighted by Crippen LogP contribution is -2.30. The second kappa shape index (κ2) is 59.7. The molecule has 0 bridgehead atoms. The SMILES string of the molecule is CC/C=C\C/C=C\C/C=C\C/C=C\C/C=C\CCCCCC(=O)OC(COC(=O)CCCCCCCC)COC(=O)CCCCCCCCCCCCCCCCCCCCCCCCCCCCCC. The van der Waals surface area contributed by atoms with Crippen LogP contribution in [0.2, 0.25) is 0 Å². The van der Waals surface area contributed by atoms with Gasteiger partial charge in [0.1, 0.15) is 13.2 Å². The standard InChI is InChI=1S/C65H116O6/c1-4-7-10-13-16-18-20-22-24-26-28-29-30-31-32-33-34-35-36-38-39-41-43-45-47-49-52-55-58-64(67)70-61-62(60-69-63(66)57-54-51-15-12-9-6-3)71-65(68)59-56-53-50-48-46-44-42-40-37-27-25-23-21-19-17-14-11-8-5-2/h8,11,17,19,23,25,37,40,44,46,62H,4-7,9-10,12-16,18,20-22,24,26-36,38-39,41-43,45,47-61H2,1-3H3/b11-8-,19-17-,25-23-,40-37-,46-44-. The van der Waals surface area contributed by atoms with E-state index in [0.29, 0.717) is 19.3 Å². The predicted molar refractivity (Wildman–Crippen MR) is 307 cm³/mol. The minimum Gasteiger partial charge on any atom is -0.462 e. The molecule has 0 saturated heterocycles. The molecule has 412 valence electrons. The number of esters is 3. The van der Waals surface area contributed by atoms with E-state index in [9.17, 15) is 14.4 Å². The van der Waals surface area contributed by atoms with Gasteiger partial charge in [-0.15, -0.1) is 0 Å². The first-order chi connectivity index (χ1) is 35.0. The number of rotatable bonds is 56. The van der Waals surface area contributed by atoms with Gasteiger partial charge in [0.05, 0.1) is 0 Å². The Hall–Kier alpha value is -2.89. The minimum atomic E-state index is -0.787. The van der Waals surface area contributed by atoms with Gasteiger partial charge in [-0.2, -0.15) is 0 Å². The van der Waals surface area contributed by atoms with E-state index in [1.54, 1.807) is 0 Å². The Morgan fingerprint density at radius 3 is 0.859 bits per heavy atom. The third-order valence-corrected chi connectivity index (χ3v) is 13.5. The van der Waals surface area contributed by atoms with Gasteiger partial charge in [-0.25, -0.2) is 0 Å². The van der Waals surface area contributed by atoms with Gasteiger partial charge in [0.25, 0.3) is 0 Å². The Morgan fingerprint density at radius 1 is 0.296 bits per heavy atom. The molecular formula is C65H116O6. The quantitative estimate of drug-likeness (QED) is 0.0261. The van der Waals surface area contributed by atoms with E-state index in [1.165, 1.54) is 180 Å². The molecule has 0 aromatic rings. The Labute approximate surface area is 440 Å². The van der Waals surface area contributed by atoms with Crippen molar-refractivity contribution in [2.45, 2.75) is 322 Å². The van der Waals surface area contributed by atoms with E-state index in [1.807, 2.05) is 0 Å². The van der Waals surface area contributed by atoms with Crippen LogP contribution in [0.5, 0.6) is 0 Å². The number of carbonyl (C=O) groups is 3. The van der Waals surface area contributed by atoms with Crippen molar-refractivity contribution in [2.75, 3.05) is 13.2 Å². The van der Waals surface area contributed by atoms with Gasteiger partial charge in [-0.3, -0.25) is 14.4 Å². The average Bonchev–Trinajstić information content (AvgIpc) is 3.37. The monoisotopic (exact) mass is 993 g/mol. The van der Waals surface area contributed by atoms with Gasteiger partial charge in [-0.1, -0.05) is 293 Å². The summed E-state index contributed by atoms with van der Waals surface area (Å²) in [4.78, 5) is 37.9. The fraction of sp³-hybridized carbons (Fsp3) is 0.800. The van der Waals surface area contributed by atoms with Crippen molar-refractivity contribution in [3.05, 3.63) is 60.8 Å². The maximum atomic E-state index is 12.8. The molecule has 0 aliphatic carbocycles. The molecule has 0 spiro atoms. The first kappa shape index (κ1) is 68.1. The first-order valence-electron chi connectivity index (χ1n) is 30.8. The van der Waals surface area contributed by atoms with E-state index in [0.717, 1.165) is 96.3 Å². The van der Waals surface area contributed by atoms with Gasteiger partial charge < -0.3 is 14.2 Å². The number of allylic oxidation sites excluding steroid dienone is 10. The first-order valence-corrected chi connectivity index (χ1v) is 30.8. The van der Waals surface area contributed by atoms with E-state index in [2.05, 4.69) is 81.5 Å². The highest BCUT2D eigenvalue weighted by atomic mass is 16.6. The molecule has 71 heavy (non-hydrogen) atoms. The minimum absolute atomic E-state index is 0.0848. The van der Waals surface area contributed by atoms with Crippen LogP contribution in [0.15, 0.2) is 60.8 Å². The van der Waals surface area contributed by atoms with Crippen molar-refractivity contribution in [1.82, 2.24) is 0 Å². The van der Waals surface area contributed by atoms with Gasteiger partial charge in [0.15, 0.2) is 6.10 Å². The Bertz CT molecular complexity index is 1280. The zero-order chi connectivity index (χ0) is 51.4. The Kier molecular flexibility index (Phi) is 57.2. The van der Waals surface area contributed by atoms with E-state index >= 15 is 0 Å². The second-order valence-electron chi connectivity index (χ2n) is 20.6. The molecule has 0 saturated carbocycles. The van der Waals surface area contributed by atoms with Crippen LogP contribution in [-0.2, 0) is 28.6 Å². The molecule has 0 amide bonds. The maximum absolute atomic E-state index is 12.8. The van der Waals surface area contributed by atoms with Crippen LogP contribution in [0.4, 0.5) is 0 Å². The van der Waals surface area contributed by atoms with Gasteiger partial charge in [0.2, 0.25) is 0 Å². The molecule has 0 rings (SSSR count). The van der Waals surface area contributed by atoms with Crippen molar-refractivity contribution in [3.63, 3.8) is 0 Å². The number of ether oxygens (including phenoxy) is 3. The molecule has 0 aliphatic rings. The van der Waals surface area contributed by atoms with Crippen molar-refractivity contribution in [1.29, 1.82) is 0 Å². The summed E-state index contributed by atoms with van der Waals surface area (Å²) < 4.78 is 16.8. The van der Waals surface area contributed by atoms with E-state index in [-0.39, 0.29) is 31.1 Å². The smallest absolute Gasteiger partial charge is 0.306 e. The summed E-state index contributed by atoms with van der Waals surface area (Å²) in [6.45, 7) is 6.47. The summed E-state index contributed by atoms with van der Waals surface area (Å²) in [5.74, 6) is -0.915. The molecule has 1 unspecified atom stereocenters. The number of hydrogen-bond acceptors (Lipinski definition) is 6. The largest absolute Gasteiger partial charge is 0.462 e. The highest BCUT2D eigenvalue weighted by molar-refractivity contribution is 5.71. The summed E-state index contributed by atoms with van der Waals surface area (Å²) in [6, 6.07) is 0. The second-order valence-corrected chi connectivity index (χ2v) is 20.6.